The molecule has 7 nitrogen and oxygen atoms in total. The highest BCUT2D eigenvalue weighted by Gasteiger charge is 2.20. The summed E-state index contributed by atoms with van der Waals surface area (Å²) in [5.41, 5.74) is 2.15. The van der Waals surface area contributed by atoms with Crippen molar-refractivity contribution in [1.82, 2.24) is 8.87 Å². The van der Waals surface area contributed by atoms with Gasteiger partial charge in [-0.15, -0.1) is 0 Å². The molecule has 0 aliphatic rings. The van der Waals surface area contributed by atoms with Gasteiger partial charge in [0.1, 0.15) is 5.75 Å². The van der Waals surface area contributed by atoms with Crippen molar-refractivity contribution in [3.05, 3.63) is 72.6 Å². The Kier molecular flexibility index (Phi) is 6.05. The van der Waals surface area contributed by atoms with E-state index in [1.54, 1.807) is 0 Å². The quantitative estimate of drug-likeness (QED) is 0.646. The van der Waals surface area contributed by atoms with E-state index < -0.39 is 10.0 Å². The Hall–Kier alpha value is -3.10. The number of carbonyl (C=O) groups is 1. The first-order valence-electron chi connectivity index (χ1n) is 8.94. The molecule has 0 saturated heterocycles. The van der Waals surface area contributed by atoms with Crippen LogP contribution in [0.4, 0.5) is 5.69 Å². The molecule has 29 heavy (non-hydrogen) atoms. The molecular formula is C21H23N3O4S. The molecule has 0 aliphatic heterocycles. The van der Waals surface area contributed by atoms with Gasteiger partial charge in [-0.05, 0) is 48.0 Å². The topological polar surface area (TPSA) is 80.6 Å². The molecule has 3 aromatic rings. The van der Waals surface area contributed by atoms with Gasteiger partial charge < -0.3 is 14.6 Å². The SMILES string of the molecule is COc1ccc(S(=O)(=O)N(C)C)cc1NC(=O)Cc1ccc(-n2cccc2)cc1. The summed E-state index contributed by atoms with van der Waals surface area (Å²) in [6.07, 6.45) is 4.05. The van der Waals surface area contributed by atoms with Crippen LogP contribution in [0.2, 0.25) is 0 Å². The molecule has 3 rings (SSSR count). The molecule has 0 saturated carbocycles. The van der Waals surface area contributed by atoms with E-state index in [4.69, 9.17) is 4.74 Å². The van der Waals surface area contributed by atoms with Gasteiger partial charge in [0.2, 0.25) is 15.9 Å². The van der Waals surface area contributed by atoms with Gasteiger partial charge in [-0.25, -0.2) is 12.7 Å². The smallest absolute Gasteiger partial charge is 0.242 e. The van der Waals surface area contributed by atoms with E-state index in [2.05, 4.69) is 5.32 Å². The third kappa shape index (κ3) is 4.67. The number of hydrogen-bond donors (Lipinski definition) is 1. The lowest BCUT2D eigenvalue weighted by Crippen LogP contribution is -2.22. The van der Waals surface area contributed by atoms with E-state index in [0.29, 0.717) is 11.4 Å². The number of nitrogens with zero attached hydrogens (tertiary/aromatic N) is 2. The molecule has 0 unspecified atom stereocenters. The first kappa shape index (κ1) is 20.6. The zero-order valence-corrected chi connectivity index (χ0v) is 17.3. The summed E-state index contributed by atoms with van der Waals surface area (Å²) < 4.78 is 33.1. The second-order valence-electron chi connectivity index (χ2n) is 6.63. The standard InChI is InChI=1S/C21H23N3O4S/c1-23(2)29(26,27)18-10-11-20(28-3)19(15-18)22-21(25)14-16-6-8-17(9-7-16)24-12-4-5-13-24/h4-13,15H,14H2,1-3H3,(H,22,25). The molecule has 1 amide bonds. The summed E-state index contributed by atoms with van der Waals surface area (Å²) in [5, 5.41) is 2.75. The number of methoxy groups -OCH3 is 1. The summed E-state index contributed by atoms with van der Waals surface area (Å²) >= 11 is 0. The van der Waals surface area contributed by atoms with Gasteiger partial charge in [-0.1, -0.05) is 12.1 Å². The fraction of sp³-hybridized carbons (Fsp3) is 0.190. The fourth-order valence-corrected chi connectivity index (χ4v) is 3.76. The molecule has 1 heterocycles. The van der Waals surface area contributed by atoms with Crippen molar-refractivity contribution in [1.29, 1.82) is 0 Å². The Morgan fingerprint density at radius 1 is 1.07 bits per heavy atom. The first-order valence-corrected chi connectivity index (χ1v) is 10.4. The van der Waals surface area contributed by atoms with Crippen LogP contribution in [0.15, 0.2) is 71.9 Å². The molecule has 0 radical (unpaired) electrons. The Balaban J connectivity index is 1.76. The molecule has 8 heteroatoms. The number of amides is 1. The van der Waals surface area contributed by atoms with Gasteiger partial charge >= 0.3 is 0 Å². The monoisotopic (exact) mass is 413 g/mol. The van der Waals surface area contributed by atoms with Crippen molar-refractivity contribution < 1.29 is 17.9 Å². The summed E-state index contributed by atoms with van der Waals surface area (Å²) in [4.78, 5) is 12.6. The van der Waals surface area contributed by atoms with Crippen LogP contribution >= 0.6 is 0 Å². The number of carbonyl (C=O) groups excluding carboxylic acids is 1. The van der Waals surface area contributed by atoms with Crippen molar-refractivity contribution in [2.75, 3.05) is 26.5 Å². The number of benzene rings is 2. The van der Waals surface area contributed by atoms with E-state index in [0.717, 1.165) is 15.6 Å². The first-order chi connectivity index (χ1) is 13.8. The van der Waals surface area contributed by atoms with Crippen LogP contribution in [-0.4, -0.2) is 44.4 Å². The van der Waals surface area contributed by atoms with Crippen molar-refractivity contribution >= 4 is 21.6 Å². The van der Waals surface area contributed by atoms with E-state index in [-0.39, 0.29) is 17.2 Å². The number of rotatable bonds is 7. The van der Waals surface area contributed by atoms with Gasteiger partial charge in [0.05, 0.1) is 24.1 Å². The fourth-order valence-electron chi connectivity index (χ4n) is 2.83. The molecule has 1 N–H and O–H groups in total. The van der Waals surface area contributed by atoms with E-state index in [1.807, 2.05) is 53.4 Å². The molecule has 0 aliphatic carbocycles. The maximum absolute atomic E-state index is 12.5. The average molecular weight is 413 g/mol. The summed E-state index contributed by atoms with van der Waals surface area (Å²) in [7, 11) is 0.749. The van der Waals surface area contributed by atoms with Crippen molar-refractivity contribution in [3.63, 3.8) is 0 Å². The molecule has 2 aromatic carbocycles. The lowest BCUT2D eigenvalue weighted by Gasteiger charge is -2.15. The largest absolute Gasteiger partial charge is 0.495 e. The van der Waals surface area contributed by atoms with E-state index >= 15 is 0 Å². The van der Waals surface area contributed by atoms with Crippen molar-refractivity contribution in [3.8, 4) is 11.4 Å². The summed E-state index contributed by atoms with van der Waals surface area (Å²) in [5.74, 6) is 0.121. The number of sulfonamides is 1. The number of nitrogens with one attached hydrogen (secondary N) is 1. The predicted octanol–water partition coefficient (Wildman–Crippen LogP) is 2.92. The number of hydrogen-bond acceptors (Lipinski definition) is 4. The average Bonchev–Trinajstić information content (AvgIpc) is 3.23. The van der Waals surface area contributed by atoms with E-state index in [9.17, 15) is 13.2 Å². The number of aromatic nitrogens is 1. The lowest BCUT2D eigenvalue weighted by atomic mass is 10.1. The van der Waals surface area contributed by atoms with Gasteiger partial charge in [0.15, 0.2) is 0 Å². The summed E-state index contributed by atoms with van der Waals surface area (Å²) in [6, 6.07) is 15.9. The maximum atomic E-state index is 12.5. The minimum Gasteiger partial charge on any atom is -0.495 e. The molecule has 0 fully saturated rings. The van der Waals surface area contributed by atoms with Gasteiger partial charge in [0.25, 0.3) is 0 Å². The van der Waals surface area contributed by atoms with E-state index in [1.165, 1.54) is 39.4 Å². The maximum Gasteiger partial charge on any atom is 0.242 e. The lowest BCUT2D eigenvalue weighted by molar-refractivity contribution is -0.115. The second-order valence-corrected chi connectivity index (χ2v) is 8.78. The Labute approximate surface area is 170 Å². The third-order valence-corrected chi connectivity index (χ3v) is 6.24. The molecule has 1 aromatic heterocycles. The van der Waals surface area contributed by atoms with Crippen LogP contribution in [-0.2, 0) is 21.2 Å². The number of anilines is 1. The molecule has 0 atom stereocenters. The van der Waals surface area contributed by atoms with Crippen LogP contribution < -0.4 is 10.1 Å². The van der Waals surface area contributed by atoms with Crippen LogP contribution in [0.25, 0.3) is 5.69 Å². The zero-order chi connectivity index (χ0) is 21.0. The zero-order valence-electron chi connectivity index (χ0n) is 16.5. The van der Waals surface area contributed by atoms with Gasteiger partial charge in [-0.3, -0.25) is 4.79 Å². The normalized spacial score (nSPS) is 11.4. The highest BCUT2D eigenvalue weighted by atomic mass is 32.2. The highest BCUT2D eigenvalue weighted by molar-refractivity contribution is 7.89. The molecule has 0 bridgehead atoms. The second kappa shape index (κ2) is 8.50. The van der Waals surface area contributed by atoms with Gasteiger partial charge in [-0.2, -0.15) is 0 Å². The van der Waals surface area contributed by atoms with Crippen molar-refractivity contribution in [2.24, 2.45) is 0 Å². The van der Waals surface area contributed by atoms with Gasteiger partial charge in [0, 0.05) is 32.2 Å². The predicted molar refractivity (Wildman–Crippen MR) is 112 cm³/mol. The Bertz CT molecular complexity index is 1090. The highest BCUT2D eigenvalue weighted by Crippen LogP contribution is 2.28. The van der Waals surface area contributed by atoms with Crippen LogP contribution in [0.5, 0.6) is 5.75 Å². The van der Waals surface area contributed by atoms with Crippen LogP contribution in [0.1, 0.15) is 5.56 Å². The Morgan fingerprint density at radius 3 is 2.31 bits per heavy atom. The summed E-state index contributed by atoms with van der Waals surface area (Å²) in [6.45, 7) is 0. The number of ether oxygens (including phenoxy) is 1. The Morgan fingerprint density at radius 2 is 1.72 bits per heavy atom. The van der Waals surface area contributed by atoms with Crippen molar-refractivity contribution in [2.45, 2.75) is 11.3 Å². The molecule has 152 valence electrons. The third-order valence-electron chi connectivity index (χ3n) is 4.43. The van der Waals surface area contributed by atoms with Crippen LogP contribution in [0, 0.1) is 0 Å². The van der Waals surface area contributed by atoms with Crippen LogP contribution in [0.3, 0.4) is 0 Å². The minimum atomic E-state index is -3.62. The molecule has 0 spiro atoms. The minimum absolute atomic E-state index is 0.0784. The molecular weight excluding hydrogens is 390 g/mol.